The zero-order chi connectivity index (χ0) is 16.3. The second-order valence-electron chi connectivity index (χ2n) is 4.28. The number of urea groups is 1. The van der Waals surface area contributed by atoms with Gasteiger partial charge in [-0.2, -0.15) is 13.2 Å². The number of hydrogen-bond donors (Lipinski definition) is 2. The van der Waals surface area contributed by atoms with Crippen molar-refractivity contribution in [3.8, 4) is 0 Å². The minimum atomic E-state index is -4.59. The van der Waals surface area contributed by atoms with Crippen LogP contribution in [0, 0.1) is 0 Å². The summed E-state index contributed by atoms with van der Waals surface area (Å²) >= 11 is 8.76. The van der Waals surface area contributed by atoms with Gasteiger partial charge in [0.1, 0.15) is 0 Å². The molecular weight excluding hydrogens is 385 g/mol. The molecule has 2 aromatic rings. The van der Waals surface area contributed by atoms with Gasteiger partial charge in [-0.1, -0.05) is 27.5 Å². The molecule has 0 atom stereocenters. The van der Waals surface area contributed by atoms with Crippen LogP contribution in [-0.4, -0.2) is 6.03 Å². The van der Waals surface area contributed by atoms with Gasteiger partial charge in [-0.25, -0.2) is 4.79 Å². The predicted molar refractivity (Wildman–Crippen MR) is 83.2 cm³/mol. The van der Waals surface area contributed by atoms with Gasteiger partial charge in [0.2, 0.25) is 0 Å². The van der Waals surface area contributed by atoms with Crippen molar-refractivity contribution in [3.63, 3.8) is 0 Å². The molecule has 2 aromatic carbocycles. The molecule has 0 saturated heterocycles. The maximum absolute atomic E-state index is 12.7. The molecular formula is C14H9BrClF3N2O. The van der Waals surface area contributed by atoms with Crippen LogP contribution >= 0.6 is 27.5 Å². The van der Waals surface area contributed by atoms with E-state index in [0.29, 0.717) is 5.69 Å². The maximum atomic E-state index is 12.7. The molecule has 0 aromatic heterocycles. The molecule has 8 heteroatoms. The number of benzene rings is 2. The average Bonchev–Trinajstić information content (AvgIpc) is 2.42. The predicted octanol–water partition coefficient (Wildman–Crippen LogP) is 5.77. The number of halogens is 5. The summed E-state index contributed by atoms with van der Waals surface area (Å²) in [6.45, 7) is 0. The summed E-state index contributed by atoms with van der Waals surface area (Å²) in [5.74, 6) is 0. The molecule has 0 saturated carbocycles. The molecule has 0 heterocycles. The highest BCUT2D eigenvalue weighted by Gasteiger charge is 2.33. The Morgan fingerprint density at radius 1 is 1.00 bits per heavy atom. The number of hydrogen-bond acceptors (Lipinski definition) is 1. The van der Waals surface area contributed by atoms with E-state index in [4.69, 9.17) is 11.6 Å². The lowest BCUT2D eigenvalue weighted by Gasteiger charge is -2.12. The fourth-order valence-corrected chi connectivity index (χ4v) is 2.14. The van der Waals surface area contributed by atoms with Crippen LogP contribution in [0.4, 0.5) is 29.3 Å². The van der Waals surface area contributed by atoms with Crippen molar-refractivity contribution in [2.75, 3.05) is 10.6 Å². The Labute approximate surface area is 137 Å². The summed E-state index contributed by atoms with van der Waals surface area (Å²) in [5.41, 5.74) is -0.507. The van der Waals surface area contributed by atoms with Crippen molar-refractivity contribution in [3.05, 3.63) is 57.5 Å². The molecule has 0 bridgehead atoms. The fourth-order valence-electron chi connectivity index (χ4n) is 1.65. The molecule has 0 aliphatic carbocycles. The van der Waals surface area contributed by atoms with Gasteiger partial charge in [0, 0.05) is 15.8 Å². The molecule has 2 rings (SSSR count). The normalized spacial score (nSPS) is 11.1. The standard InChI is InChI=1S/C14H9BrClF3N2O/c15-8-1-3-9(4-2-8)20-13(22)21-10-5-6-12(16)11(7-10)14(17,18)19/h1-7H,(H2,20,21,22). The lowest BCUT2D eigenvalue weighted by Crippen LogP contribution is -2.19. The third-order valence-corrected chi connectivity index (χ3v) is 3.49. The van der Waals surface area contributed by atoms with Crippen LogP contribution in [0.25, 0.3) is 0 Å². The van der Waals surface area contributed by atoms with Gasteiger partial charge >= 0.3 is 12.2 Å². The van der Waals surface area contributed by atoms with Crippen molar-refractivity contribution in [2.45, 2.75) is 6.18 Å². The highest BCUT2D eigenvalue weighted by molar-refractivity contribution is 9.10. The van der Waals surface area contributed by atoms with E-state index < -0.39 is 22.8 Å². The Morgan fingerprint density at radius 2 is 1.55 bits per heavy atom. The van der Waals surface area contributed by atoms with Gasteiger partial charge in [-0.3, -0.25) is 0 Å². The number of carbonyl (C=O) groups excluding carboxylic acids is 1. The third kappa shape index (κ3) is 4.38. The maximum Gasteiger partial charge on any atom is 0.417 e. The van der Waals surface area contributed by atoms with E-state index in [0.717, 1.165) is 16.6 Å². The second kappa shape index (κ2) is 6.58. The molecule has 22 heavy (non-hydrogen) atoms. The zero-order valence-corrected chi connectivity index (χ0v) is 13.2. The molecule has 0 spiro atoms. The van der Waals surface area contributed by atoms with Gasteiger partial charge in [-0.15, -0.1) is 0 Å². The molecule has 0 unspecified atom stereocenters. The van der Waals surface area contributed by atoms with Crippen LogP contribution in [0.1, 0.15) is 5.56 Å². The van der Waals surface area contributed by atoms with Crippen molar-refractivity contribution in [2.24, 2.45) is 0 Å². The van der Waals surface area contributed by atoms with E-state index in [1.807, 2.05) is 0 Å². The highest BCUT2D eigenvalue weighted by Crippen LogP contribution is 2.36. The van der Waals surface area contributed by atoms with E-state index in [-0.39, 0.29) is 5.69 Å². The van der Waals surface area contributed by atoms with Crippen molar-refractivity contribution in [1.29, 1.82) is 0 Å². The fraction of sp³-hybridized carbons (Fsp3) is 0.0714. The van der Waals surface area contributed by atoms with Crippen LogP contribution in [0.5, 0.6) is 0 Å². The zero-order valence-electron chi connectivity index (χ0n) is 10.8. The van der Waals surface area contributed by atoms with Crippen molar-refractivity contribution < 1.29 is 18.0 Å². The van der Waals surface area contributed by atoms with Gasteiger partial charge in [0.25, 0.3) is 0 Å². The van der Waals surface area contributed by atoms with Crippen molar-refractivity contribution in [1.82, 2.24) is 0 Å². The number of nitrogens with one attached hydrogen (secondary N) is 2. The molecule has 0 aliphatic heterocycles. The molecule has 0 fully saturated rings. The first-order chi connectivity index (χ1) is 10.3. The first-order valence-electron chi connectivity index (χ1n) is 5.96. The van der Waals surface area contributed by atoms with Crippen LogP contribution < -0.4 is 10.6 Å². The van der Waals surface area contributed by atoms with E-state index >= 15 is 0 Å². The summed E-state index contributed by atoms with van der Waals surface area (Å²) in [4.78, 5) is 11.8. The first-order valence-corrected chi connectivity index (χ1v) is 7.13. The SMILES string of the molecule is O=C(Nc1ccc(Br)cc1)Nc1ccc(Cl)c(C(F)(F)F)c1. The second-order valence-corrected chi connectivity index (χ2v) is 5.60. The Balaban J connectivity index is 2.10. The minimum absolute atomic E-state index is 0.00802. The Morgan fingerprint density at radius 3 is 2.14 bits per heavy atom. The van der Waals surface area contributed by atoms with Gasteiger partial charge in [0.15, 0.2) is 0 Å². The van der Waals surface area contributed by atoms with E-state index in [1.165, 1.54) is 6.07 Å². The molecule has 3 nitrogen and oxygen atoms in total. The summed E-state index contributed by atoms with van der Waals surface area (Å²) in [6.07, 6.45) is -4.59. The van der Waals surface area contributed by atoms with E-state index in [2.05, 4.69) is 26.6 Å². The minimum Gasteiger partial charge on any atom is -0.308 e. The summed E-state index contributed by atoms with van der Waals surface area (Å²) in [6, 6.07) is 9.23. The van der Waals surface area contributed by atoms with E-state index in [1.54, 1.807) is 24.3 Å². The quantitative estimate of drug-likeness (QED) is 0.668. The summed E-state index contributed by atoms with van der Waals surface area (Å²) < 4.78 is 39.0. The molecule has 0 aliphatic rings. The Hall–Kier alpha value is -1.73. The average molecular weight is 394 g/mol. The first kappa shape index (κ1) is 16.6. The van der Waals surface area contributed by atoms with Crippen LogP contribution in [0.2, 0.25) is 5.02 Å². The van der Waals surface area contributed by atoms with Crippen LogP contribution in [0.15, 0.2) is 46.9 Å². The molecule has 2 N–H and O–H groups in total. The Bertz CT molecular complexity index is 689. The smallest absolute Gasteiger partial charge is 0.308 e. The molecule has 116 valence electrons. The number of rotatable bonds is 2. The van der Waals surface area contributed by atoms with Gasteiger partial charge in [-0.05, 0) is 42.5 Å². The van der Waals surface area contributed by atoms with Crippen LogP contribution in [0.3, 0.4) is 0 Å². The topological polar surface area (TPSA) is 41.1 Å². The Kier molecular flexibility index (Phi) is 4.97. The lowest BCUT2D eigenvalue weighted by atomic mass is 10.2. The van der Waals surface area contributed by atoms with Crippen LogP contribution in [-0.2, 0) is 6.18 Å². The number of alkyl halides is 3. The largest absolute Gasteiger partial charge is 0.417 e. The lowest BCUT2D eigenvalue weighted by molar-refractivity contribution is -0.137. The van der Waals surface area contributed by atoms with E-state index in [9.17, 15) is 18.0 Å². The number of carbonyl (C=O) groups is 1. The van der Waals surface area contributed by atoms with Gasteiger partial charge < -0.3 is 10.6 Å². The third-order valence-electron chi connectivity index (χ3n) is 2.63. The monoisotopic (exact) mass is 392 g/mol. The van der Waals surface area contributed by atoms with Gasteiger partial charge in [0.05, 0.1) is 10.6 Å². The highest BCUT2D eigenvalue weighted by atomic mass is 79.9. The number of amides is 2. The molecule has 0 radical (unpaired) electrons. The van der Waals surface area contributed by atoms with Crippen molar-refractivity contribution >= 4 is 44.9 Å². The summed E-state index contributed by atoms with van der Waals surface area (Å²) in [7, 11) is 0. The molecule has 2 amide bonds. The summed E-state index contributed by atoms with van der Waals surface area (Å²) in [5, 5.41) is 4.40. The number of anilines is 2.